The lowest BCUT2D eigenvalue weighted by atomic mass is 10.1. The summed E-state index contributed by atoms with van der Waals surface area (Å²) in [7, 11) is -3.58. The van der Waals surface area contributed by atoms with Crippen molar-refractivity contribution >= 4 is 38.9 Å². The van der Waals surface area contributed by atoms with Crippen molar-refractivity contribution in [2.75, 3.05) is 13.1 Å². The number of piperidine rings is 1. The molecule has 0 unspecified atom stereocenters. The first kappa shape index (κ1) is 25.7. The molecule has 35 heavy (non-hydrogen) atoms. The number of amides is 1. The number of rotatable bonds is 9. The second-order valence-corrected chi connectivity index (χ2v) is 12.3. The van der Waals surface area contributed by atoms with E-state index in [4.69, 9.17) is 16.3 Å². The molecule has 4 rings (SSSR count). The Balaban J connectivity index is 1.30. The van der Waals surface area contributed by atoms with Crippen molar-refractivity contribution in [1.29, 1.82) is 0 Å². The summed E-state index contributed by atoms with van der Waals surface area (Å²) < 4.78 is 34.3. The fraction of sp³-hybridized carbons (Fsp3) is 0.346. The molecule has 1 N–H and O–H groups in total. The van der Waals surface area contributed by atoms with Gasteiger partial charge < -0.3 is 10.1 Å². The highest BCUT2D eigenvalue weighted by molar-refractivity contribution is 7.91. The van der Waals surface area contributed by atoms with Crippen LogP contribution >= 0.6 is 22.9 Å². The number of carbonyl (C=O) groups excluding carboxylic acids is 1. The van der Waals surface area contributed by atoms with Crippen LogP contribution in [0.25, 0.3) is 0 Å². The summed E-state index contributed by atoms with van der Waals surface area (Å²) in [6.07, 6.45) is 3.39. The molecule has 9 heteroatoms. The Kier molecular flexibility index (Phi) is 8.49. The van der Waals surface area contributed by atoms with E-state index in [0.29, 0.717) is 40.7 Å². The zero-order valence-corrected chi connectivity index (χ0v) is 22.0. The van der Waals surface area contributed by atoms with Crippen molar-refractivity contribution in [2.24, 2.45) is 0 Å². The average Bonchev–Trinajstić information content (AvgIpc) is 3.34. The molecule has 2 aromatic carbocycles. The predicted molar refractivity (Wildman–Crippen MR) is 140 cm³/mol. The van der Waals surface area contributed by atoms with Crippen molar-refractivity contribution in [3.05, 3.63) is 81.7 Å². The van der Waals surface area contributed by atoms with E-state index in [1.165, 1.54) is 21.2 Å². The number of thiophene rings is 1. The van der Waals surface area contributed by atoms with Gasteiger partial charge in [-0.05, 0) is 73.4 Å². The molecule has 0 aliphatic carbocycles. The number of nitrogens with one attached hydrogen (secondary N) is 1. The fourth-order valence-corrected chi connectivity index (χ4v) is 7.08. The van der Waals surface area contributed by atoms with Crippen molar-refractivity contribution in [1.82, 2.24) is 9.62 Å². The van der Waals surface area contributed by atoms with Gasteiger partial charge in [-0.1, -0.05) is 37.1 Å². The lowest BCUT2D eigenvalue weighted by Gasteiger charge is -2.31. The van der Waals surface area contributed by atoms with Crippen LogP contribution in [0.4, 0.5) is 0 Å². The van der Waals surface area contributed by atoms with Gasteiger partial charge in [0, 0.05) is 28.6 Å². The average molecular weight is 533 g/mol. The standard InChI is InChI=1S/C26H29ClN2O4S2/c1-2-4-19-5-3-6-23(17-19)33-22-13-15-29(16-14-22)35(31,32)25-12-11-24(34-25)18-28-26(30)20-7-9-21(27)10-8-20/h3,5-12,17,22H,2,4,13-16,18H2,1H3,(H,28,30). The maximum Gasteiger partial charge on any atom is 0.252 e. The third kappa shape index (κ3) is 6.64. The van der Waals surface area contributed by atoms with Crippen LogP contribution in [-0.2, 0) is 23.0 Å². The summed E-state index contributed by atoms with van der Waals surface area (Å²) in [5, 5.41) is 3.38. The minimum atomic E-state index is -3.58. The maximum absolute atomic E-state index is 13.2. The van der Waals surface area contributed by atoms with E-state index in [1.807, 2.05) is 12.1 Å². The highest BCUT2D eigenvalue weighted by atomic mass is 35.5. The van der Waals surface area contributed by atoms with Gasteiger partial charge in [0.1, 0.15) is 16.1 Å². The molecule has 1 aliphatic rings. The minimum Gasteiger partial charge on any atom is -0.490 e. The second-order valence-electron chi connectivity index (χ2n) is 8.53. The number of halogens is 1. The Bertz CT molecular complexity index is 1250. The van der Waals surface area contributed by atoms with Crippen molar-refractivity contribution < 1.29 is 17.9 Å². The topological polar surface area (TPSA) is 75.7 Å². The van der Waals surface area contributed by atoms with E-state index in [-0.39, 0.29) is 18.6 Å². The number of aryl methyl sites for hydroxylation is 1. The summed E-state index contributed by atoms with van der Waals surface area (Å²) >= 11 is 7.05. The molecule has 6 nitrogen and oxygen atoms in total. The molecular weight excluding hydrogens is 504 g/mol. The summed E-state index contributed by atoms with van der Waals surface area (Å²) in [6, 6.07) is 18.1. The number of hydrogen-bond acceptors (Lipinski definition) is 5. The van der Waals surface area contributed by atoms with Gasteiger partial charge in [0.25, 0.3) is 15.9 Å². The molecule has 0 saturated carbocycles. The van der Waals surface area contributed by atoms with Crippen LogP contribution in [0.5, 0.6) is 5.75 Å². The van der Waals surface area contributed by atoms with Crippen molar-refractivity contribution in [3.8, 4) is 5.75 Å². The largest absolute Gasteiger partial charge is 0.490 e. The number of nitrogens with zero attached hydrogens (tertiary/aromatic N) is 1. The van der Waals surface area contributed by atoms with Crippen molar-refractivity contribution in [3.63, 3.8) is 0 Å². The number of hydrogen-bond donors (Lipinski definition) is 1. The SMILES string of the molecule is CCCc1cccc(OC2CCN(S(=O)(=O)c3ccc(CNC(=O)c4ccc(Cl)cc4)s3)CC2)c1. The Morgan fingerprint density at radius 1 is 1.11 bits per heavy atom. The third-order valence-corrected chi connectivity index (χ3v) is 9.60. The maximum atomic E-state index is 13.2. The Morgan fingerprint density at radius 2 is 1.86 bits per heavy atom. The van der Waals surface area contributed by atoms with Gasteiger partial charge in [0.15, 0.2) is 0 Å². The van der Waals surface area contributed by atoms with Gasteiger partial charge in [-0.25, -0.2) is 8.42 Å². The Morgan fingerprint density at radius 3 is 2.57 bits per heavy atom. The summed E-state index contributed by atoms with van der Waals surface area (Å²) in [6.45, 7) is 3.25. The van der Waals surface area contributed by atoms with Crippen LogP contribution in [0.2, 0.25) is 5.02 Å². The van der Waals surface area contributed by atoms with E-state index >= 15 is 0 Å². The summed E-state index contributed by atoms with van der Waals surface area (Å²) in [4.78, 5) is 13.1. The van der Waals surface area contributed by atoms with Gasteiger partial charge in [-0.3, -0.25) is 4.79 Å². The van der Waals surface area contributed by atoms with Crippen LogP contribution in [0.3, 0.4) is 0 Å². The first-order chi connectivity index (χ1) is 16.8. The van der Waals surface area contributed by atoms with Gasteiger partial charge in [0.2, 0.25) is 0 Å². The van der Waals surface area contributed by atoms with Gasteiger partial charge in [-0.15, -0.1) is 11.3 Å². The van der Waals surface area contributed by atoms with Crippen LogP contribution in [0.1, 0.15) is 47.0 Å². The molecule has 1 fully saturated rings. The molecule has 1 aromatic heterocycles. The molecule has 1 saturated heterocycles. The normalized spacial score (nSPS) is 15.1. The second kappa shape index (κ2) is 11.6. The lowest BCUT2D eigenvalue weighted by molar-refractivity contribution is 0.0951. The molecule has 2 heterocycles. The molecule has 0 atom stereocenters. The number of carbonyl (C=O) groups is 1. The van der Waals surface area contributed by atoms with E-state index < -0.39 is 10.0 Å². The van der Waals surface area contributed by atoms with E-state index in [2.05, 4.69) is 24.4 Å². The first-order valence-electron chi connectivity index (χ1n) is 11.7. The Labute approximate surface area is 215 Å². The fourth-order valence-electron chi connectivity index (χ4n) is 4.04. The molecule has 3 aromatic rings. The molecule has 0 radical (unpaired) electrons. The van der Waals surface area contributed by atoms with E-state index in [1.54, 1.807) is 36.4 Å². The van der Waals surface area contributed by atoms with Crippen LogP contribution < -0.4 is 10.1 Å². The highest BCUT2D eigenvalue weighted by Gasteiger charge is 2.31. The number of benzene rings is 2. The number of sulfonamides is 1. The smallest absolute Gasteiger partial charge is 0.252 e. The van der Waals surface area contributed by atoms with Gasteiger partial charge >= 0.3 is 0 Å². The van der Waals surface area contributed by atoms with Crippen LogP contribution in [0, 0.1) is 0 Å². The molecule has 0 bridgehead atoms. The number of ether oxygens (including phenoxy) is 1. The Hall–Kier alpha value is -2.39. The quantitative estimate of drug-likeness (QED) is 0.394. The molecule has 186 valence electrons. The monoisotopic (exact) mass is 532 g/mol. The van der Waals surface area contributed by atoms with E-state index in [0.717, 1.165) is 23.5 Å². The zero-order chi connectivity index (χ0) is 24.8. The third-order valence-electron chi connectivity index (χ3n) is 5.90. The van der Waals surface area contributed by atoms with Gasteiger partial charge in [-0.2, -0.15) is 4.31 Å². The molecular formula is C26H29ClN2O4S2. The highest BCUT2D eigenvalue weighted by Crippen LogP contribution is 2.28. The first-order valence-corrected chi connectivity index (χ1v) is 14.4. The predicted octanol–water partition coefficient (Wildman–Crippen LogP) is 5.52. The van der Waals surface area contributed by atoms with Crippen LogP contribution in [0.15, 0.2) is 64.9 Å². The zero-order valence-electron chi connectivity index (χ0n) is 19.6. The molecule has 0 spiro atoms. The molecule has 1 amide bonds. The lowest BCUT2D eigenvalue weighted by Crippen LogP contribution is -2.41. The van der Waals surface area contributed by atoms with E-state index in [9.17, 15) is 13.2 Å². The molecule has 1 aliphatic heterocycles. The van der Waals surface area contributed by atoms with Crippen LogP contribution in [-0.4, -0.2) is 37.8 Å². The summed E-state index contributed by atoms with van der Waals surface area (Å²) in [5.41, 5.74) is 1.75. The minimum absolute atomic E-state index is 0.000281. The van der Waals surface area contributed by atoms with Crippen molar-refractivity contribution in [2.45, 2.75) is 49.5 Å². The summed E-state index contributed by atoms with van der Waals surface area (Å²) in [5.74, 6) is 0.614. The van der Waals surface area contributed by atoms with Gasteiger partial charge in [0.05, 0.1) is 6.54 Å².